The molecule has 0 unspecified atom stereocenters. The van der Waals surface area contributed by atoms with Crippen LogP contribution in [0.5, 0.6) is 0 Å². The maximum absolute atomic E-state index is 6.08. The van der Waals surface area contributed by atoms with E-state index < -0.39 is 0 Å². The summed E-state index contributed by atoms with van der Waals surface area (Å²) >= 11 is 12.0. The number of hydrogen-bond acceptors (Lipinski definition) is 3. The summed E-state index contributed by atoms with van der Waals surface area (Å²) in [5.41, 5.74) is 2.04. The lowest BCUT2D eigenvalue weighted by Crippen LogP contribution is -1.79. The van der Waals surface area contributed by atoms with Crippen molar-refractivity contribution < 1.29 is 4.42 Å². The molecule has 84 valence electrons. The van der Waals surface area contributed by atoms with Crippen LogP contribution in [0.4, 0.5) is 0 Å². The van der Waals surface area contributed by atoms with Gasteiger partial charge in [0.15, 0.2) is 5.58 Å². The molecule has 0 aliphatic heterocycles. The lowest BCUT2D eigenvalue weighted by Gasteiger charge is -1.99. The molecule has 0 bridgehead atoms. The summed E-state index contributed by atoms with van der Waals surface area (Å²) in [5, 5.41) is 1.14. The summed E-state index contributed by atoms with van der Waals surface area (Å²) in [6.45, 7) is 0. The number of hydrogen-bond donors (Lipinski definition) is 0. The van der Waals surface area contributed by atoms with Gasteiger partial charge in [0.1, 0.15) is 5.52 Å². The van der Waals surface area contributed by atoms with Gasteiger partial charge < -0.3 is 4.42 Å². The Kier molecular flexibility index (Phi) is 2.50. The quantitative estimate of drug-likeness (QED) is 0.662. The number of halogens is 2. The van der Waals surface area contributed by atoms with Crippen molar-refractivity contribution in [3.63, 3.8) is 0 Å². The Morgan fingerprint density at radius 3 is 2.82 bits per heavy atom. The van der Waals surface area contributed by atoms with Crippen LogP contribution in [0.25, 0.3) is 22.6 Å². The molecule has 0 saturated carbocycles. The highest BCUT2D eigenvalue weighted by Gasteiger charge is 2.11. The number of benzene rings is 1. The molecule has 0 aliphatic carbocycles. The molecule has 0 N–H and O–H groups in total. The summed E-state index contributed by atoms with van der Waals surface area (Å²) in [6, 6.07) is 6.91. The van der Waals surface area contributed by atoms with E-state index in [2.05, 4.69) is 9.97 Å². The average Bonchev–Trinajstić information content (AvgIpc) is 2.75. The molecule has 0 spiro atoms. The molecule has 5 heteroatoms. The van der Waals surface area contributed by atoms with E-state index in [0.717, 1.165) is 0 Å². The molecular formula is C12H6Cl2N2O. The number of rotatable bonds is 1. The van der Waals surface area contributed by atoms with E-state index in [9.17, 15) is 0 Å². The Labute approximate surface area is 107 Å². The van der Waals surface area contributed by atoms with Crippen LogP contribution in [0, 0.1) is 0 Å². The highest BCUT2D eigenvalue weighted by molar-refractivity contribution is 6.35. The second-order valence-corrected chi connectivity index (χ2v) is 4.33. The maximum atomic E-state index is 6.08. The zero-order valence-electron chi connectivity index (χ0n) is 8.52. The summed E-state index contributed by atoms with van der Waals surface area (Å²) in [5.74, 6) is 0.445. The zero-order valence-corrected chi connectivity index (χ0v) is 10.0. The van der Waals surface area contributed by atoms with Gasteiger partial charge in [-0.25, -0.2) is 4.98 Å². The average molecular weight is 265 g/mol. The molecule has 0 aliphatic rings. The third kappa shape index (κ3) is 1.88. The Morgan fingerprint density at radius 2 is 2.00 bits per heavy atom. The fourth-order valence-corrected chi connectivity index (χ4v) is 1.93. The van der Waals surface area contributed by atoms with Gasteiger partial charge in [-0.3, -0.25) is 4.98 Å². The molecule has 2 aromatic heterocycles. The van der Waals surface area contributed by atoms with Crippen LogP contribution in [0.15, 0.2) is 41.1 Å². The SMILES string of the molecule is Clc1ccc(Cl)c(-c2nc3cnccc3o2)c1. The zero-order chi connectivity index (χ0) is 11.8. The number of aromatic nitrogens is 2. The summed E-state index contributed by atoms with van der Waals surface area (Å²) < 4.78 is 5.60. The van der Waals surface area contributed by atoms with Crippen LogP contribution in [-0.4, -0.2) is 9.97 Å². The van der Waals surface area contributed by atoms with E-state index in [1.165, 1.54) is 0 Å². The van der Waals surface area contributed by atoms with Crippen molar-refractivity contribution in [1.29, 1.82) is 0 Å². The Hall–Kier alpha value is -1.58. The molecule has 3 rings (SSSR count). The predicted octanol–water partition coefficient (Wildman–Crippen LogP) is 4.20. The van der Waals surface area contributed by atoms with Crippen molar-refractivity contribution in [3.8, 4) is 11.5 Å². The third-order valence-electron chi connectivity index (χ3n) is 2.35. The standard InChI is InChI=1S/C12H6Cl2N2O/c13-7-1-2-9(14)8(5-7)12-16-10-6-15-4-3-11(10)17-12/h1-6H. The number of fused-ring (bicyclic) bond motifs is 1. The molecular weight excluding hydrogens is 259 g/mol. The number of oxazole rings is 1. The van der Waals surface area contributed by atoms with E-state index in [0.29, 0.717) is 32.6 Å². The van der Waals surface area contributed by atoms with Gasteiger partial charge in [0.25, 0.3) is 0 Å². The molecule has 0 atom stereocenters. The van der Waals surface area contributed by atoms with Crippen molar-refractivity contribution >= 4 is 34.3 Å². The minimum Gasteiger partial charge on any atom is -0.436 e. The lowest BCUT2D eigenvalue weighted by molar-refractivity contribution is 0.619. The van der Waals surface area contributed by atoms with Gasteiger partial charge in [-0.05, 0) is 18.2 Å². The molecule has 0 fully saturated rings. The first-order valence-electron chi connectivity index (χ1n) is 4.90. The normalized spacial score (nSPS) is 10.9. The smallest absolute Gasteiger partial charge is 0.228 e. The van der Waals surface area contributed by atoms with Crippen molar-refractivity contribution in [2.24, 2.45) is 0 Å². The Balaban J connectivity index is 2.23. The molecule has 2 heterocycles. The van der Waals surface area contributed by atoms with Crippen molar-refractivity contribution in [3.05, 3.63) is 46.7 Å². The fourth-order valence-electron chi connectivity index (χ4n) is 1.56. The first kappa shape index (κ1) is 10.6. The molecule has 0 amide bonds. The summed E-state index contributed by atoms with van der Waals surface area (Å²) in [6.07, 6.45) is 3.29. The van der Waals surface area contributed by atoms with E-state index in [-0.39, 0.29) is 0 Å². The molecule has 0 saturated heterocycles. The Morgan fingerprint density at radius 1 is 1.12 bits per heavy atom. The van der Waals surface area contributed by atoms with Gasteiger partial charge in [0, 0.05) is 17.3 Å². The monoisotopic (exact) mass is 264 g/mol. The van der Waals surface area contributed by atoms with Crippen LogP contribution in [0.1, 0.15) is 0 Å². The van der Waals surface area contributed by atoms with Crippen molar-refractivity contribution in [2.45, 2.75) is 0 Å². The van der Waals surface area contributed by atoms with Crippen LogP contribution in [0.2, 0.25) is 10.0 Å². The molecule has 3 aromatic rings. The molecule has 3 nitrogen and oxygen atoms in total. The van der Waals surface area contributed by atoms with Gasteiger partial charge in [0.2, 0.25) is 5.89 Å². The fraction of sp³-hybridized carbons (Fsp3) is 0. The minimum atomic E-state index is 0.445. The first-order valence-corrected chi connectivity index (χ1v) is 5.65. The molecule has 17 heavy (non-hydrogen) atoms. The van der Waals surface area contributed by atoms with Gasteiger partial charge in [-0.2, -0.15) is 0 Å². The largest absolute Gasteiger partial charge is 0.436 e. The first-order chi connectivity index (χ1) is 8.24. The van der Waals surface area contributed by atoms with Gasteiger partial charge >= 0.3 is 0 Å². The van der Waals surface area contributed by atoms with E-state index >= 15 is 0 Å². The Bertz CT molecular complexity index is 661. The van der Waals surface area contributed by atoms with Crippen LogP contribution >= 0.6 is 23.2 Å². The van der Waals surface area contributed by atoms with Crippen LogP contribution in [-0.2, 0) is 0 Å². The van der Waals surface area contributed by atoms with Crippen molar-refractivity contribution in [2.75, 3.05) is 0 Å². The highest BCUT2D eigenvalue weighted by atomic mass is 35.5. The van der Waals surface area contributed by atoms with Gasteiger partial charge in [-0.1, -0.05) is 23.2 Å². The number of pyridine rings is 1. The summed E-state index contributed by atoms with van der Waals surface area (Å²) in [7, 11) is 0. The highest BCUT2D eigenvalue weighted by Crippen LogP contribution is 2.31. The molecule has 0 radical (unpaired) electrons. The van der Waals surface area contributed by atoms with Crippen LogP contribution in [0.3, 0.4) is 0 Å². The van der Waals surface area contributed by atoms with E-state index in [1.54, 1.807) is 36.7 Å². The maximum Gasteiger partial charge on any atom is 0.228 e. The minimum absolute atomic E-state index is 0.445. The van der Waals surface area contributed by atoms with Crippen molar-refractivity contribution in [1.82, 2.24) is 9.97 Å². The second-order valence-electron chi connectivity index (χ2n) is 3.49. The predicted molar refractivity (Wildman–Crippen MR) is 67.3 cm³/mol. The van der Waals surface area contributed by atoms with Gasteiger partial charge in [0.05, 0.1) is 16.8 Å². The topological polar surface area (TPSA) is 38.9 Å². The van der Waals surface area contributed by atoms with E-state index in [1.807, 2.05) is 0 Å². The lowest BCUT2D eigenvalue weighted by atomic mass is 10.2. The third-order valence-corrected chi connectivity index (χ3v) is 2.91. The molecule has 1 aromatic carbocycles. The van der Waals surface area contributed by atoms with Gasteiger partial charge in [-0.15, -0.1) is 0 Å². The second kappa shape index (κ2) is 4.02. The summed E-state index contributed by atoms with van der Waals surface area (Å²) in [4.78, 5) is 8.29. The van der Waals surface area contributed by atoms with E-state index in [4.69, 9.17) is 27.6 Å². The number of nitrogens with zero attached hydrogens (tertiary/aromatic N) is 2. The van der Waals surface area contributed by atoms with Crippen LogP contribution < -0.4 is 0 Å².